The van der Waals surface area contributed by atoms with E-state index in [1.807, 2.05) is 0 Å². The van der Waals surface area contributed by atoms with E-state index in [-0.39, 0.29) is 0 Å². The molecule has 1 aromatic rings. The average molecular weight is 216 g/mol. The summed E-state index contributed by atoms with van der Waals surface area (Å²) in [6.45, 7) is 0. The molecule has 82 valence electrons. The molecule has 1 saturated carbocycles. The van der Waals surface area contributed by atoms with Crippen molar-refractivity contribution in [2.45, 2.75) is 25.1 Å². The van der Waals surface area contributed by atoms with Crippen molar-refractivity contribution in [1.82, 2.24) is 4.98 Å². The highest BCUT2D eigenvalue weighted by Gasteiger charge is 2.34. The van der Waals surface area contributed by atoms with Crippen molar-refractivity contribution >= 4 is 5.82 Å². The van der Waals surface area contributed by atoms with Gasteiger partial charge in [-0.1, -0.05) is 6.07 Å². The average Bonchev–Trinajstić information content (AvgIpc) is 2.99. The van der Waals surface area contributed by atoms with E-state index in [0.29, 0.717) is 11.9 Å². The third-order valence-electron chi connectivity index (χ3n) is 2.48. The highest BCUT2D eigenvalue weighted by Crippen LogP contribution is 2.32. The smallest absolute Gasteiger partial charge is 0.357 e. The molecular weight excluding hydrogens is 205 g/mol. The lowest BCUT2D eigenvalue weighted by Gasteiger charge is -2.18. The lowest BCUT2D eigenvalue weighted by Crippen LogP contribution is -2.22. The molecule has 2 nitrogen and oxygen atoms in total. The van der Waals surface area contributed by atoms with Gasteiger partial charge in [-0.3, -0.25) is 0 Å². The Kier molecular flexibility index (Phi) is 2.32. The Bertz CT molecular complexity index is 358. The molecule has 1 fully saturated rings. The minimum atomic E-state index is -4.36. The normalized spacial score (nSPS) is 16.5. The van der Waals surface area contributed by atoms with E-state index in [1.54, 1.807) is 18.0 Å². The number of aromatic nitrogens is 1. The molecule has 0 bridgehead atoms. The molecule has 5 heteroatoms. The summed E-state index contributed by atoms with van der Waals surface area (Å²) in [6, 6.07) is 4.35. The van der Waals surface area contributed by atoms with Crippen LogP contribution >= 0.6 is 0 Å². The van der Waals surface area contributed by atoms with Crippen molar-refractivity contribution in [2.75, 3.05) is 11.9 Å². The van der Waals surface area contributed by atoms with Crippen molar-refractivity contribution < 1.29 is 13.2 Å². The van der Waals surface area contributed by atoms with Gasteiger partial charge in [-0.15, -0.1) is 0 Å². The minimum absolute atomic E-state index is 0.362. The fourth-order valence-corrected chi connectivity index (χ4v) is 1.43. The van der Waals surface area contributed by atoms with Crippen LogP contribution in [0.25, 0.3) is 0 Å². The summed E-state index contributed by atoms with van der Waals surface area (Å²) in [4.78, 5) is 5.41. The monoisotopic (exact) mass is 216 g/mol. The van der Waals surface area contributed by atoms with E-state index in [9.17, 15) is 13.2 Å². The minimum Gasteiger partial charge on any atom is -0.357 e. The Balaban J connectivity index is 2.25. The Labute approximate surface area is 85.7 Å². The SMILES string of the molecule is CN(c1cccc(C(F)(F)F)n1)C1CC1. The standard InChI is InChI=1S/C10H11F3N2/c1-15(7-5-6-7)9-4-2-3-8(14-9)10(11,12)13/h2-4,7H,5-6H2,1H3. The summed E-state index contributed by atoms with van der Waals surface area (Å²) in [5.74, 6) is 0.396. The van der Waals surface area contributed by atoms with E-state index in [0.717, 1.165) is 18.9 Å². The van der Waals surface area contributed by atoms with Crippen LogP contribution in [0, 0.1) is 0 Å². The van der Waals surface area contributed by atoms with Gasteiger partial charge >= 0.3 is 6.18 Å². The molecule has 0 N–H and O–H groups in total. The van der Waals surface area contributed by atoms with Gasteiger partial charge < -0.3 is 4.90 Å². The van der Waals surface area contributed by atoms with Crippen LogP contribution in [-0.2, 0) is 6.18 Å². The quantitative estimate of drug-likeness (QED) is 0.755. The summed E-state index contributed by atoms with van der Waals surface area (Å²) in [5, 5.41) is 0. The highest BCUT2D eigenvalue weighted by molar-refractivity contribution is 5.41. The van der Waals surface area contributed by atoms with Crippen LogP contribution in [0.3, 0.4) is 0 Å². The van der Waals surface area contributed by atoms with Crippen LogP contribution in [0.15, 0.2) is 18.2 Å². The maximum atomic E-state index is 12.4. The summed E-state index contributed by atoms with van der Waals surface area (Å²) in [5.41, 5.74) is -0.826. The van der Waals surface area contributed by atoms with Crippen molar-refractivity contribution in [3.05, 3.63) is 23.9 Å². The third kappa shape index (κ3) is 2.22. The lowest BCUT2D eigenvalue weighted by molar-refractivity contribution is -0.141. The summed E-state index contributed by atoms with van der Waals surface area (Å²) < 4.78 is 37.1. The van der Waals surface area contributed by atoms with Gasteiger partial charge in [-0.05, 0) is 25.0 Å². The van der Waals surface area contributed by atoms with E-state index in [4.69, 9.17) is 0 Å². The molecule has 1 heterocycles. The molecule has 0 amide bonds. The van der Waals surface area contributed by atoms with E-state index in [2.05, 4.69) is 4.98 Å². The Morgan fingerprint density at radius 3 is 2.53 bits per heavy atom. The molecule has 1 aliphatic carbocycles. The number of hydrogen-bond acceptors (Lipinski definition) is 2. The van der Waals surface area contributed by atoms with Crippen molar-refractivity contribution in [3.8, 4) is 0 Å². The zero-order chi connectivity index (χ0) is 11.1. The number of halogens is 3. The van der Waals surface area contributed by atoms with Gasteiger partial charge in [0.2, 0.25) is 0 Å². The second kappa shape index (κ2) is 3.40. The second-order valence-electron chi connectivity index (χ2n) is 3.72. The molecular formula is C10H11F3N2. The van der Waals surface area contributed by atoms with Crippen molar-refractivity contribution in [3.63, 3.8) is 0 Å². The molecule has 0 unspecified atom stereocenters. The van der Waals surface area contributed by atoms with Crippen LogP contribution in [0.4, 0.5) is 19.0 Å². The van der Waals surface area contributed by atoms with Crippen LogP contribution in [-0.4, -0.2) is 18.1 Å². The first-order valence-corrected chi connectivity index (χ1v) is 4.75. The first kappa shape index (κ1) is 10.3. The van der Waals surface area contributed by atoms with Crippen molar-refractivity contribution in [2.24, 2.45) is 0 Å². The van der Waals surface area contributed by atoms with Gasteiger partial charge in [0, 0.05) is 13.1 Å². The zero-order valence-electron chi connectivity index (χ0n) is 8.25. The molecule has 0 saturated heterocycles. The Hall–Kier alpha value is -1.26. The molecule has 0 aliphatic heterocycles. The Morgan fingerprint density at radius 2 is 2.00 bits per heavy atom. The van der Waals surface area contributed by atoms with Crippen LogP contribution in [0.2, 0.25) is 0 Å². The summed E-state index contributed by atoms with van der Waals surface area (Å²) >= 11 is 0. The van der Waals surface area contributed by atoms with Crippen LogP contribution < -0.4 is 4.90 Å². The third-order valence-corrected chi connectivity index (χ3v) is 2.48. The van der Waals surface area contributed by atoms with Gasteiger partial charge in [0.05, 0.1) is 0 Å². The fourth-order valence-electron chi connectivity index (χ4n) is 1.43. The molecule has 0 atom stereocenters. The number of pyridine rings is 1. The number of hydrogen-bond donors (Lipinski definition) is 0. The summed E-state index contributed by atoms with van der Waals surface area (Å²) in [7, 11) is 1.78. The van der Waals surface area contributed by atoms with Gasteiger partial charge in [0.1, 0.15) is 11.5 Å². The van der Waals surface area contributed by atoms with Gasteiger partial charge in [0.25, 0.3) is 0 Å². The lowest BCUT2D eigenvalue weighted by atomic mass is 10.3. The maximum Gasteiger partial charge on any atom is 0.433 e. The van der Waals surface area contributed by atoms with Crippen LogP contribution in [0.1, 0.15) is 18.5 Å². The zero-order valence-corrected chi connectivity index (χ0v) is 8.25. The van der Waals surface area contributed by atoms with E-state index in [1.165, 1.54) is 6.07 Å². The molecule has 0 aromatic carbocycles. The number of nitrogens with zero attached hydrogens (tertiary/aromatic N) is 2. The molecule has 1 aliphatic rings. The highest BCUT2D eigenvalue weighted by atomic mass is 19.4. The van der Waals surface area contributed by atoms with Crippen LogP contribution in [0.5, 0.6) is 0 Å². The largest absolute Gasteiger partial charge is 0.433 e. The number of alkyl halides is 3. The molecule has 1 aromatic heterocycles. The van der Waals surface area contributed by atoms with Gasteiger partial charge in [-0.25, -0.2) is 4.98 Å². The summed E-state index contributed by atoms with van der Waals surface area (Å²) in [6.07, 6.45) is -2.29. The molecule has 0 spiro atoms. The predicted molar refractivity (Wildman–Crippen MR) is 50.7 cm³/mol. The predicted octanol–water partition coefficient (Wildman–Crippen LogP) is 2.70. The van der Waals surface area contributed by atoms with Gasteiger partial charge in [-0.2, -0.15) is 13.2 Å². The molecule has 15 heavy (non-hydrogen) atoms. The molecule has 0 radical (unpaired) electrons. The number of anilines is 1. The topological polar surface area (TPSA) is 16.1 Å². The fraction of sp³-hybridized carbons (Fsp3) is 0.500. The first-order chi connectivity index (χ1) is 6.98. The number of rotatable bonds is 2. The van der Waals surface area contributed by atoms with E-state index < -0.39 is 11.9 Å². The maximum absolute atomic E-state index is 12.4. The van der Waals surface area contributed by atoms with Gasteiger partial charge in [0.15, 0.2) is 0 Å². The first-order valence-electron chi connectivity index (χ1n) is 4.75. The second-order valence-corrected chi connectivity index (χ2v) is 3.72. The Morgan fingerprint density at radius 1 is 1.33 bits per heavy atom. The molecule has 2 rings (SSSR count). The van der Waals surface area contributed by atoms with E-state index >= 15 is 0 Å². The van der Waals surface area contributed by atoms with Crippen molar-refractivity contribution in [1.29, 1.82) is 0 Å².